The van der Waals surface area contributed by atoms with E-state index in [0.717, 1.165) is 23.3 Å². The van der Waals surface area contributed by atoms with Crippen LogP contribution in [-0.4, -0.2) is 38.4 Å². The Kier molecular flexibility index (Phi) is 6.62. The lowest BCUT2D eigenvalue weighted by atomic mass is 10.2. The van der Waals surface area contributed by atoms with Gasteiger partial charge in [0.25, 0.3) is 5.91 Å². The lowest BCUT2D eigenvalue weighted by Crippen LogP contribution is -2.39. The highest BCUT2D eigenvalue weighted by Crippen LogP contribution is 2.36. The molecule has 1 aliphatic heterocycles. The van der Waals surface area contributed by atoms with Crippen molar-refractivity contribution in [1.29, 1.82) is 0 Å². The molecule has 2 amide bonds. The highest BCUT2D eigenvalue weighted by Gasteiger charge is 2.38. The van der Waals surface area contributed by atoms with Gasteiger partial charge in [-0.05, 0) is 49.5 Å². The third-order valence-corrected chi connectivity index (χ3v) is 8.67. The van der Waals surface area contributed by atoms with Gasteiger partial charge in [-0.1, -0.05) is 26.8 Å². The van der Waals surface area contributed by atoms with Crippen molar-refractivity contribution in [3.63, 3.8) is 0 Å². The van der Waals surface area contributed by atoms with Gasteiger partial charge >= 0.3 is 6.09 Å². The molecule has 1 heterocycles. The number of carbonyl (C=O) groups excluding carboxylic acids is 2. The van der Waals surface area contributed by atoms with Crippen molar-refractivity contribution in [2.75, 3.05) is 13.2 Å². The summed E-state index contributed by atoms with van der Waals surface area (Å²) in [6, 6.07) is 0. The molecule has 0 aromatic carbocycles. The first kappa shape index (κ1) is 19.5. The fourth-order valence-corrected chi connectivity index (χ4v) is 2.51. The normalized spacial score (nSPS) is 16.9. The molecule has 1 aliphatic rings. The van der Waals surface area contributed by atoms with E-state index >= 15 is 0 Å². The zero-order chi connectivity index (χ0) is 17.7. The van der Waals surface area contributed by atoms with E-state index in [1.807, 2.05) is 13.2 Å². The van der Waals surface area contributed by atoms with E-state index < -0.39 is 14.4 Å². The van der Waals surface area contributed by atoms with Crippen LogP contribution in [0.15, 0.2) is 24.0 Å². The van der Waals surface area contributed by atoms with Crippen LogP contribution in [-0.2, 0) is 14.0 Å². The number of hydrogen-bond donors (Lipinski definition) is 0. The predicted octanol–water partition coefficient (Wildman–Crippen LogP) is 4.23. The molecular formula is C17H29NO4Si. The number of allylic oxidation sites excluding steroid dienone is 2. The fourth-order valence-electron chi connectivity index (χ4n) is 1.66. The Morgan fingerprint density at radius 2 is 2.04 bits per heavy atom. The van der Waals surface area contributed by atoms with Crippen molar-refractivity contribution in [3.05, 3.63) is 24.0 Å². The van der Waals surface area contributed by atoms with Crippen LogP contribution in [0, 0.1) is 0 Å². The van der Waals surface area contributed by atoms with Crippen LogP contribution in [0.4, 0.5) is 4.79 Å². The number of carbonyl (C=O) groups is 2. The standard InChI is InChI=1S/C17H29NO4Si/c1-14(13-22-23(5,6)17(2,3)4)9-7-8-10-15(19)18-11-12-21-16(18)20/h8,10,13H,7,9,11-12H2,1-6H3/b10-8+,14-13+. The Morgan fingerprint density at radius 3 is 2.57 bits per heavy atom. The molecule has 6 heteroatoms. The lowest BCUT2D eigenvalue weighted by molar-refractivity contribution is -0.122. The second kappa shape index (κ2) is 7.81. The van der Waals surface area contributed by atoms with Crippen LogP contribution in [0.25, 0.3) is 0 Å². The molecule has 0 bridgehead atoms. The number of cyclic esters (lactones) is 1. The van der Waals surface area contributed by atoms with E-state index in [9.17, 15) is 9.59 Å². The monoisotopic (exact) mass is 339 g/mol. The maximum atomic E-state index is 11.8. The summed E-state index contributed by atoms with van der Waals surface area (Å²) in [7, 11) is -1.77. The summed E-state index contributed by atoms with van der Waals surface area (Å²) >= 11 is 0. The van der Waals surface area contributed by atoms with Crippen molar-refractivity contribution in [2.24, 2.45) is 0 Å². The molecule has 0 unspecified atom stereocenters. The summed E-state index contributed by atoms with van der Waals surface area (Å²) in [5.41, 5.74) is 1.15. The van der Waals surface area contributed by atoms with Crippen LogP contribution in [0.1, 0.15) is 40.5 Å². The van der Waals surface area contributed by atoms with Gasteiger partial charge in [0, 0.05) is 0 Å². The Bertz CT molecular complexity index is 503. The molecule has 0 radical (unpaired) electrons. The van der Waals surface area contributed by atoms with Crippen LogP contribution in [0.5, 0.6) is 0 Å². The lowest BCUT2D eigenvalue weighted by Gasteiger charge is -2.35. The van der Waals surface area contributed by atoms with Gasteiger partial charge < -0.3 is 9.16 Å². The van der Waals surface area contributed by atoms with Gasteiger partial charge in [0.05, 0.1) is 12.8 Å². The summed E-state index contributed by atoms with van der Waals surface area (Å²) in [5, 5.41) is 0.181. The third kappa shape index (κ3) is 5.86. The summed E-state index contributed by atoms with van der Waals surface area (Å²) in [4.78, 5) is 24.1. The Morgan fingerprint density at radius 1 is 1.39 bits per heavy atom. The van der Waals surface area contributed by atoms with E-state index in [1.54, 1.807) is 6.08 Å². The molecule has 1 rings (SSSR count). The first-order valence-corrected chi connectivity index (χ1v) is 10.9. The minimum Gasteiger partial charge on any atom is -0.549 e. The molecule has 130 valence electrons. The average Bonchev–Trinajstić information content (AvgIpc) is 2.86. The SMILES string of the molecule is C/C(=C\O[Si](C)(C)C(C)(C)C)CC/C=C/C(=O)N1CCOC1=O. The second-order valence-corrected chi connectivity index (χ2v) is 12.1. The van der Waals surface area contributed by atoms with E-state index in [1.165, 1.54) is 6.08 Å². The first-order valence-electron chi connectivity index (χ1n) is 8.03. The van der Waals surface area contributed by atoms with E-state index in [0.29, 0.717) is 6.54 Å². The Hall–Kier alpha value is -1.56. The molecule has 0 N–H and O–H groups in total. The predicted molar refractivity (Wildman–Crippen MR) is 93.5 cm³/mol. The molecule has 0 aliphatic carbocycles. The minimum atomic E-state index is -1.77. The molecule has 0 saturated carbocycles. The number of imide groups is 1. The highest BCUT2D eigenvalue weighted by molar-refractivity contribution is 6.74. The van der Waals surface area contributed by atoms with Crippen molar-refractivity contribution < 1.29 is 18.8 Å². The number of ether oxygens (including phenoxy) is 1. The largest absolute Gasteiger partial charge is 0.549 e. The molecule has 1 fully saturated rings. The van der Waals surface area contributed by atoms with Crippen molar-refractivity contribution >= 4 is 20.3 Å². The number of hydrogen-bond acceptors (Lipinski definition) is 4. The molecule has 0 atom stereocenters. The Balaban J connectivity index is 2.40. The van der Waals surface area contributed by atoms with Gasteiger partial charge in [-0.15, -0.1) is 0 Å². The quantitative estimate of drug-likeness (QED) is 0.413. The van der Waals surface area contributed by atoms with Crippen LogP contribution in [0.3, 0.4) is 0 Å². The van der Waals surface area contributed by atoms with Gasteiger partial charge in [-0.2, -0.15) is 0 Å². The summed E-state index contributed by atoms with van der Waals surface area (Å²) in [6.45, 7) is 13.7. The smallest absolute Gasteiger partial charge is 0.416 e. The first-order chi connectivity index (χ1) is 10.5. The van der Waals surface area contributed by atoms with Crippen LogP contribution >= 0.6 is 0 Å². The minimum absolute atomic E-state index is 0.181. The molecule has 1 saturated heterocycles. The van der Waals surface area contributed by atoms with Gasteiger partial charge in [-0.3, -0.25) is 4.79 Å². The molecule has 23 heavy (non-hydrogen) atoms. The van der Waals surface area contributed by atoms with E-state index in [4.69, 9.17) is 9.16 Å². The van der Waals surface area contributed by atoms with Crippen molar-refractivity contribution in [3.8, 4) is 0 Å². The van der Waals surface area contributed by atoms with Gasteiger partial charge in [0.2, 0.25) is 8.32 Å². The second-order valence-electron chi connectivity index (χ2n) is 7.39. The van der Waals surface area contributed by atoms with E-state index in [2.05, 4.69) is 33.9 Å². The number of rotatable bonds is 6. The molecule has 5 nitrogen and oxygen atoms in total. The zero-order valence-corrected chi connectivity index (χ0v) is 16.1. The zero-order valence-electron chi connectivity index (χ0n) is 15.1. The van der Waals surface area contributed by atoms with Crippen LogP contribution in [0.2, 0.25) is 18.1 Å². The highest BCUT2D eigenvalue weighted by atomic mass is 28.4. The van der Waals surface area contributed by atoms with Crippen LogP contribution < -0.4 is 0 Å². The van der Waals surface area contributed by atoms with Crippen molar-refractivity contribution in [1.82, 2.24) is 4.90 Å². The van der Waals surface area contributed by atoms with Gasteiger partial charge in [0.1, 0.15) is 6.61 Å². The van der Waals surface area contributed by atoms with Crippen molar-refractivity contribution in [2.45, 2.75) is 58.7 Å². The maximum absolute atomic E-state index is 11.8. The number of amides is 2. The topological polar surface area (TPSA) is 55.8 Å². The van der Waals surface area contributed by atoms with Gasteiger partial charge in [0.15, 0.2) is 0 Å². The Labute approximate surface area is 140 Å². The van der Waals surface area contributed by atoms with Gasteiger partial charge in [-0.25, -0.2) is 9.69 Å². The third-order valence-electron chi connectivity index (χ3n) is 4.35. The molecule has 0 aromatic rings. The summed E-state index contributed by atoms with van der Waals surface area (Å²) in [5.74, 6) is -0.313. The fraction of sp³-hybridized carbons (Fsp3) is 0.647. The maximum Gasteiger partial charge on any atom is 0.416 e. The molecule has 0 aromatic heterocycles. The van der Waals surface area contributed by atoms with E-state index in [-0.39, 0.29) is 17.6 Å². The molecular weight excluding hydrogens is 310 g/mol. The summed E-state index contributed by atoms with van der Waals surface area (Å²) in [6.07, 6.45) is 6.09. The summed E-state index contributed by atoms with van der Waals surface area (Å²) < 4.78 is 10.8. The number of nitrogens with zero attached hydrogens (tertiary/aromatic N) is 1. The molecule has 0 spiro atoms. The average molecular weight is 340 g/mol.